The molecule has 3 rings (SSSR count). The number of hydrogen-bond donors (Lipinski definition) is 2. The summed E-state index contributed by atoms with van der Waals surface area (Å²) >= 11 is 0. The maximum atomic E-state index is 10.5. The quantitative estimate of drug-likeness (QED) is 0.886. The number of aryl methyl sites for hydroxylation is 1. The van der Waals surface area contributed by atoms with Crippen LogP contribution in [0.15, 0.2) is 24.3 Å². The van der Waals surface area contributed by atoms with Gasteiger partial charge in [0.25, 0.3) is 0 Å². The number of aliphatic hydroxyl groups is 1. The number of rotatable bonds is 4. The molecule has 2 fully saturated rings. The Bertz CT molecular complexity index is 470. The van der Waals surface area contributed by atoms with E-state index >= 15 is 0 Å². The predicted molar refractivity (Wildman–Crippen MR) is 79.9 cm³/mol. The molecule has 20 heavy (non-hydrogen) atoms. The van der Waals surface area contributed by atoms with Crippen molar-refractivity contribution >= 4 is 0 Å². The van der Waals surface area contributed by atoms with Gasteiger partial charge >= 0.3 is 0 Å². The Kier molecular flexibility index (Phi) is 3.85. The molecule has 3 nitrogen and oxygen atoms in total. The second-order valence-electron chi connectivity index (χ2n) is 6.53. The average molecular weight is 275 g/mol. The number of benzene rings is 1. The molecule has 0 aromatic heterocycles. The lowest BCUT2D eigenvalue weighted by Crippen LogP contribution is -2.51. The molecule has 1 aliphatic carbocycles. The average Bonchev–Trinajstić information content (AvgIpc) is 2.68. The van der Waals surface area contributed by atoms with Crippen molar-refractivity contribution in [2.75, 3.05) is 13.2 Å². The van der Waals surface area contributed by atoms with E-state index in [2.05, 4.69) is 36.5 Å². The molecule has 3 heteroatoms. The molecule has 1 saturated carbocycles. The van der Waals surface area contributed by atoms with Crippen LogP contribution in [0.1, 0.15) is 43.2 Å². The van der Waals surface area contributed by atoms with Crippen LogP contribution in [0.25, 0.3) is 0 Å². The van der Waals surface area contributed by atoms with E-state index in [-0.39, 0.29) is 6.10 Å². The van der Waals surface area contributed by atoms with Crippen LogP contribution in [0.2, 0.25) is 0 Å². The SMILES string of the molecule is Cc1cccc(C2CC(NCC3(O)CCOC3C)C2)c1. The van der Waals surface area contributed by atoms with Gasteiger partial charge in [0.05, 0.1) is 6.10 Å². The third kappa shape index (κ3) is 2.76. The van der Waals surface area contributed by atoms with E-state index in [1.165, 1.54) is 24.0 Å². The zero-order valence-corrected chi connectivity index (χ0v) is 12.4. The minimum Gasteiger partial charge on any atom is -0.386 e. The fourth-order valence-electron chi connectivity index (χ4n) is 3.30. The molecular formula is C17H25NO2. The molecular weight excluding hydrogens is 250 g/mol. The Hall–Kier alpha value is -0.900. The van der Waals surface area contributed by atoms with Gasteiger partial charge in [-0.3, -0.25) is 0 Å². The highest BCUT2D eigenvalue weighted by Crippen LogP contribution is 2.37. The first-order valence-electron chi connectivity index (χ1n) is 7.71. The summed E-state index contributed by atoms with van der Waals surface area (Å²) < 4.78 is 5.47. The van der Waals surface area contributed by atoms with Crippen LogP contribution in [0.5, 0.6) is 0 Å². The van der Waals surface area contributed by atoms with Crippen molar-refractivity contribution in [1.82, 2.24) is 5.32 Å². The van der Waals surface area contributed by atoms with E-state index < -0.39 is 5.60 Å². The van der Waals surface area contributed by atoms with E-state index in [4.69, 9.17) is 4.74 Å². The second kappa shape index (κ2) is 5.47. The fourth-order valence-corrected chi connectivity index (χ4v) is 3.30. The van der Waals surface area contributed by atoms with Crippen molar-refractivity contribution in [3.8, 4) is 0 Å². The summed E-state index contributed by atoms with van der Waals surface area (Å²) in [7, 11) is 0. The topological polar surface area (TPSA) is 41.5 Å². The first kappa shape index (κ1) is 14.1. The molecule has 2 unspecified atom stereocenters. The first-order valence-corrected chi connectivity index (χ1v) is 7.71. The standard InChI is InChI=1S/C17H25NO2/c1-12-4-3-5-14(8-12)15-9-16(10-15)18-11-17(19)6-7-20-13(17)2/h3-5,8,13,15-16,18-19H,6-7,9-11H2,1-2H3. The largest absolute Gasteiger partial charge is 0.386 e. The van der Waals surface area contributed by atoms with Crippen molar-refractivity contribution in [2.45, 2.75) is 56.8 Å². The summed E-state index contributed by atoms with van der Waals surface area (Å²) in [6.45, 7) is 5.44. The minimum absolute atomic E-state index is 0.0531. The Morgan fingerprint density at radius 1 is 1.40 bits per heavy atom. The highest BCUT2D eigenvalue weighted by Gasteiger charge is 2.40. The zero-order chi connectivity index (χ0) is 14.2. The molecule has 1 saturated heterocycles. The summed E-state index contributed by atoms with van der Waals surface area (Å²) in [5.74, 6) is 0.680. The van der Waals surface area contributed by atoms with Crippen LogP contribution in [0, 0.1) is 6.92 Å². The van der Waals surface area contributed by atoms with Crippen molar-refractivity contribution < 1.29 is 9.84 Å². The van der Waals surface area contributed by atoms with Gasteiger partial charge in [-0.15, -0.1) is 0 Å². The van der Waals surface area contributed by atoms with Crippen LogP contribution >= 0.6 is 0 Å². The summed E-state index contributed by atoms with van der Waals surface area (Å²) in [5.41, 5.74) is 2.12. The lowest BCUT2D eigenvalue weighted by atomic mass is 9.75. The van der Waals surface area contributed by atoms with Gasteiger partial charge in [-0.25, -0.2) is 0 Å². The van der Waals surface area contributed by atoms with Crippen molar-refractivity contribution in [3.05, 3.63) is 35.4 Å². The number of ether oxygens (including phenoxy) is 1. The molecule has 1 aromatic rings. The third-order valence-corrected chi connectivity index (χ3v) is 5.01. The van der Waals surface area contributed by atoms with E-state index in [0.717, 1.165) is 6.42 Å². The Morgan fingerprint density at radius 2 is 2.20 bits per heavy atom. The zero-order valence-electron chi connectivity index (χ0n) is 12.4. The second-order valence-corrected chi connectivity index (χ2v) is 6.53. The summed E-state index contributed by atoms with van der Waals surface area (Å²) in [5, 5.41) is 14.0. The lowest BCUT2D eigenvalue weighted by molar-refractivity contribution is -0.0295. The molecule has 0 spiro atoms. The van der Waals surface area contributed by atoms with Crippen LogP contribution in [0.3, 0.4) is 0 Å². The van der Waals surface area contributed by atoms with Crippen LogP contribution in [-0.4, -0.2) is 36.0 Å². The smallest absolute Gasteiger partial charge is 0.105 e. The van der Waals surface area contributed by atoms with Crippen molar-refractivity contribution in [1.29, 1.82) is 0 Å². The van der Waals surface area contributed by atoms with Gasteiger partial charge in [0.2, 0.25) is 0 Å². The molecule has 1 heterocycles. The van der Waals surface area contributed by atoms with E-state index in [1.54, 1.807) is 0 Å². The molecule has 0 amide bonds. The lowest BCUT2D eigenvalue weighted by Gasteiger charge is -2.39. The fraction of sp³-hybridized carbons (Fsp3) is 0.647. The molecule has 2 atom stereocenters. The predicted octanol–water partition coefficient (Wildman–Crippen LogP) is 2.37. The number of nitrogens with one attached hydrogen (secondary N) is 1. The van der Waals surface area contributed by atoms with Crippen LogP contribution in [0.4, 0.5) is 0 Å². The van der Waals surface area contributed by atoms with Gasteiger partial charge in [0.1, 0.15) is 5.60 Å². The monoisotopic (exact) mass is 275 g/mol. The molecule has 2 aliphatic rings. The van der Waals surface area contributed by atoms with Gasteiger partial charge in [-0.05, 0) is 38.2 Å². The Morgan fingerprint density at radius 3 is 2.85 bits per heavy atom. The van der Waals surface area contributed by atoms with E-state index in [1.807, 2.05) is 6.92 Å². The normalized spacial score (nSPS) is 36.9. The van der Waals surface area contributed by atoms with E-state index in [9.17, 15) is 5.11 Å². The van der Waals surface area contributed by atoms with Gasteiger partial charge < -0.3 is 15.2 Å². The van der Waals surface area contributed by atoms with Crippen molar-refractivity contribution in [3.63, 3.8) is 0 Å². The summed E-state index contributed by atoms with van der Waals surface area (Å²) in [6, 6.07) is 9.35. The molecule has 2 N–H and O–H groups in total. The molecule has 1 aromatic carbocycles. The molecule has 1 aliphatic heterocycles. The Balaban J connectivity index is 1.47. The van der Waals surface area contributed by atoms with Gasteiger partial charge in [-0.1, -0.05) is 29.8 Å². The molecule has 0 bridgehead atoms. The summed E-state index contributed by atoms with van der Waals surface area (Å²) in [6.07, 6.45) is 3.04. The van der Waals surface area contributed by atoms with Gasteiger partial charge in [0, 0.05) is 25.6 Å². The highest BCUT2D eigenvalue weighted by molar-refractivity contribution is 5.27. The molecule has 110 valence electrons. The third-order valence-electron chi connectivity index (χ3n) is 5.01. The maximum Gasteiger partial charge on any atom is 0.105 e. The van der Waals surface area contributed by atoms with Crippen molar-refractivity contribution in [2.24, 2.45) is 0 Å². The number of hydrogen-bond acceptors (Lipinski definition) is 3. The van der Waals surface area contributed by atoms with Gasteiger partial charge in [-0.2, -0.15) is 0 Å². The van der Waals surface area contributed by atoms with Crippen LogP contribution < -0.4 is 5.32 Å². The minimum atomic E-state index is -0.672. The summed E-state index contributed by atoms with van der Waals surface area (Å²) in [4.78, 5) is 0. The first-order chi connectivity index (χ1) is 9.57. The van der Waals surface area contributed by atoms with Crippen LogP contribution in [-0.2, 0) is 4.74 Å². The molecule has 0 radical (unpaired) electrons. The van der Waals surface area contributed by atoms with Gasteiger partial charge in [0.15, 0.2) is 0 Å². The maximum absolute atomic E-state index is 10.5. The Labute approximate surface area is 121 Å². The highest BCUT2D eigenvalue weighted by atomic mass is 16.5. The van der Waals surface area contributed by atoms with E-state index in [0.29, 0.717) is 25.1 Å².